The Morgan fingerprint density at radius 3 is 2.10 bits per heavy atom. The Morgan fingerprint density at radius 2 is 1.55 bits per heavy atom. The summed E-state index contributed by atoms with van der Waals surface area (Å²) in [5.74, 6) is -1.47. The number of nitrogens with zero attached hydrogens (tertiary/aromatic N) is 1. The zero-order chi connectivity index (χ0) is 14.7. The van der Waals surface area contributed by atoms with Gasteiger partial charge < -0.3 is 9.94 Å². The van der Waals surface area contributed by atoms with Crippen molar-refractivity contribution < 1.29 is 18.7 Å². The summed E-state index contributed by atoms with van der Waals surface area (Å²) in [5.41, 5.74) is 0.624. The number of oxime groups is 1. The molecule has 104 valence electrons. The summed E-state index contributed by atoms with van der Waals surface area (Å²) < 4.78 is 26.8. The molecule has 0 bridgehead atoms. The number of rotatable bonds is 3. The summed E-state index contributed by atoms with van der Waals surface area (Å²) in [6.45, 7) is 0. The third kappa shape index (κ3) is 3.77. The summed E-state index contributed by atoms with van der Waals surface area (Å²) in [6.07, 6.45) is 1.35. The van der Waals surface area contributed by atoms with Gasteiger partial charge in [0.2, 0.25) is 0 Å². The quantitative estimate of drug-likeness (QED) is 0.597. The predicted molar refractivity (Wildman–Crippen MR) is 78.1 cm³/mol. The first-order chi connectivity index (χ1) is 9.45. The van der Waals surface area contributed by atoms with Crippen LogP contribution in [0.1, 0.15) is 5.56 Å². The van der Waals surface area contributed by atoms with E-state index in [4.69, 9.17) is 4.84 Å². The molecule has 20 heavy (non-hydrogen) atoms. The summed E-state index contributed by atoms with van der Waals surface area (Å²) in [6, 6.07) is 6.00. The molecule has 0 aliphatic heterocycles. The summed E-state index contributed by atoms with van der Waals surface area (Å²) in [7, 11) is 0. The van der Waals surface area contributed by atoms with Gasteiger partial charge in [-0.3, -0.25) is 0 Å². The number of hydrogen-bond donors (Lipinski definition) is 1. The van der Waals surface area contributed by atoms with E-state index in [1.54, 1.807) is 12.1 Å². The van der Waals surface area contributed by atoms with Gasteiger partial charge in [0.25, 0.3) is 0 Å². The van der Waals surface area contributed by atoms with Crippen molar-refractivity contribution in [3.63, 3.8) is 0 Å². The van der Waals surface area contributed by atoms with Crippen LogP contribution in [0.15, 0.2) is 44.4 Å². The smallest absolute Gasteiger partial charge is 0.163 e. The standard InChI is InChI=1S/C13H7Br2F2NO2/c14-11-1-7(2-12(15)13(11)19)6-18-20-10-4-8(16)3-9(17)5-10/h1-6,19H/b18-6+. The van der Waals surface area contributed by atoms with Crippen LogP contribution < -0.4 is 4.84 Å². The molecule has 0 atom stereocenters. The highest BCUT2D eigenvalue weighted by molar-refractivity contribution is 9.11. The number of benzene rings is 2. The molecule has 0 fully saturated rings. The molecule has 3 nitrogen and oxygen atoms in total. The molecule has 0 radical (unpaired) electrons. The fourth-order valence-corrected chi connectivity index (χ4v) is 2.61. The van der Waals surface area contributed by atoms with Crippen LogP contribution in [0.5, 0.6) is 11.5 Å². The van der Waals surface area contributed by atoms with Gasteiger partial charge in [-0.15, -0.1) is 0 Å². The van der Waals surface area contributed by atoms with Crippen molar-refractivity contribution in [2.24, 2.45) is 5.16 Å². The molecule has 0 unspecified atom stereocenters. The van der Waals surface area contributed by atoms with Crippen molar-refractivity contribution in [1.82, 2.24) is 0 Å². The maximum absolute atomic E-state index is 12.9. The Kier molecular flexibility index (Phi) is 4.72. The number of halogens is 4. The van der Waals surface area contributed by atoms with Gasteiger partial charge in [0.15, 0.2) is 5.75 Å². The molecule has 2 rings (SSSR count). The zero-order valence-electron chi connectivity index (χ0n) is 9.78. The van der Waals surface area contributed by atoms with Gasteiger partial charge in [0.1, 0.15) is 17.4 Å². The van der Waals surface area contributed by atoms with E-state index >= 15 is 0 Å². The van der Waals surface area contributed by atoms with Crippen LogP contribution in [0.25, 0.3) is 0 Å². The molecule has 0 spiro atoms. The fraction of sp³-hybridized carbons (Fsp3) is 0. The van der Waals surface area contributed by atoms with Crippen molar-refractivity contribution in [3.05, 3.63) is 56.5 Å². The molecule has 0 aliphatic carbocycles. The second-order valence-corrected chi connectivity index (χ2v) is 5.47. The van der Waals surface area contributed by atoms with Gasteiger partial charge in [-0.25, -0.2) is 8.78 Å². The van der Waals surface area contributed by atoms with E-state index in [1.807, 2.05) is 0 Å². The van der Waals surface area contributed by atoms with E-state index in [1.165, 1.54) is 6.21 Å². The Labute approximate surface area is 130 Å². The van der Waals surface area contributed by atoms with E-state index in [0.717, 1.165) is 18.2 Å². The molecule has 2 aromatic carbocycles. The molecule has 0 saturated carbocycles. The van der Waals surface area contributed by atoms with Crippen LogP contribution in [0.2, 0.25) is 0 Å². The van der Waals surface area contributed by atoms with Gasteiger partial charge in [-0.2, -0.15) is 0 Å². The van der Waals surface area contributed by atoms with Gasteiger partial charge in [0, 0.05) is 18.2 Å². The van der Waals surface area contributed by atoms with E-state index in [9.17, 15) is 13.9 Å². The highest BCUT2D eigenvalue weighted by atomic mass is 79.9. The summed E-state index contributed by atoms with van der Waals surface area (Å²) >= 11 is 6.34. The first kappa shape index (κ1) is 14.9. The lowest BCUT2D eigenvalue weighted by Gasteiger charge is -2.02. The topological polar surface area (TPSA) is 41.8 Å². The molecule has 2 aromatic rings. The normalized spacial score (nSPS) is 11.0. The van der Waals surface area contributed by atoms with E-state index in [0.29, 0.717) is 14.5 Å². The monoisotopic (exact) mass is 405 g/mol. The lowest BCUT2D eigenvalue weighted by atomic mass is 10.2. The second-order valence-electron chi connectivity index (χ2n) is 3.76. The van der Waals surface area contributed by atoms with Crippen LogP contribution in [-0.4, -0.2) is 11.3 Å². The molecule has 0 aliphatic rings. The van der Waals surface area contributed by atoms with Crippen LogP contribution in [0, 0.1) is 11.6 Å². The molecule has 0 saturated heterocycles. The molecule has 0 amide bonds. The maximum Gasteiger partial charge on any atom is 0.163 e. The highest BCUT2D eigenvalue weighted by Gasteiger charge is 2.05. The van der Waals surface area contributed by atoms with Crippen molar-refractivity contribution in [1.29, 1.82) is 0 Å². The minimum absolute atomic E-state index is 0.0457. The van der Waals surface area contributed by atoms with Crippen LogP contribution in [0.4, 0.5) is 8.78 Å². The minimum Gasteiger partial charge on any atom is -0.506 e. The largest absolute Gasteiger partial charge is 0.506 e. The Bertz CT molecular complexity index is 634. The van der Waals surface area contributed by atoms with E-state index in [2.05, 4.69) is 37.0 Å². The van der Waals surface area contributed by atoms with Crippen LogP contribution in [-0.2, 0) is 0 Å². The number of hydrogen-bond acceptors (Lipinski definition) is 3. The summed E-state index contributed by atoms with van der Waals surface area (Å²) in [5, 5.41) is 13.2. The predicted octanol–water partition coefficient (Wildman–Crippen LogP) is 4.61. The molecular formula is C13H7Br2F2NO2. The first-order valence-electron chi connectivity index (χ1n) is 5.30. The lowest BCUT2D eigenvalue weighted by Crippen LogP contribution is -1.89. The summed E-state index contributed by atoms with van der Waals surface area (Å²) in [4.78, 5) is 4.88. The lowest BCUT2D eigenvalue weighted by molar-refractivity contribution is 0.339. The number of phenolic OH excluding ortho intramolecular Hbond substituents is 1. The first-order valence-corrected chi connectivity index (χ1v) is 6.89. The second kappa shape index (κ2) is 6.32. The van der Waals surface area contributed by atoms with Crippen LogP contribution >= 0.6 is 31.9 Å². The van der Waals surface area contributed by atoms with Crippen molar-refractivity contribution >= 4 is 38.1 Å². The fourth-order valence-electron chi connectivity index (χ4n) is 1.39. The average molecular weight is 407 g/mol. The number of aromatic hydroxyl groups is 1. The zero-order valence-corrected chi connectivity index (χ0v) is 13.0. The van der Waals surface area contributed by atoms with Gasteiger partial charge in [-0.05, 0) is 49.6 Å². The van der Waals surface area contributed by atoms with Crippen molar-refractivity contribution in [3.8, 4) is 11.5 Å². The SMILES string of the molecule is Oc1c(Br)cc(/C=N/Oc2cc(F)cc(F)c2)cc1Br. The van der Waals surface area contributed by atoms with E-state index < -0.39 is 11.6 Å². The molecule has 7 heteroatoms. The molecule has 0 aromatic heterocycles. The van der Waals surface area contributed by atoms with E-state index in [-0.39, 0.29) is 11.5 Å². The average Bonchev–Trinajstić information content (AvgIpc) is 2.34. The maximum atomic E-state index is 12.9. The Morgan fingerprint density at radius 1 is 1.00 bits per heavy atom. The van der Waals surface area contributed by atoms with Crippen LogP contribution in [0.3, 0.4) is 0 Å². The third-order valence-electron chi connectivity index (χ3n) is 2.24. The number of phenols is 1. The molecular weight excluding hydrogens is 400 g/mol. The van der Waals surface area contributed by atoms with Gasteiger partial charge >= 0.3 is 0 Å². The van der Waals surface area contributed by atoms with Gasteiger partial charge in [0.05, 0.1) is 15.2 Å². The molecule has 1 N–H and O–H groups in total. The Hall–Kier alpha value is -1.47. The van der Waals surface area contributed by atoms with Crippen molar-refractivity contribution in [2.75, 3.05) is 0 Å². The molecule has 0 heterocycles. The Balaban J connectivity index is 2.14. The minimum atomic E-state index is -0.745. The third-order valence-corrected chi connectivity index (χ3v) is 3.44. The van der Waals surface area contributed by atoms with Gasteiger partial charge in [-0.1, -0.05) is 5.16 Å². The highest BCUT2D eigenvalue weighted by Crippen LogP contribution is 2.32. The van der Waals surface area contributed by atoms with Crippen molar-refractivity contribution in [2.45, 2.75) is 0 Å².